The Morgan fingerprint density at radius 1 is 1.22 bits per heavy atom. The maximum Gasteiger partial charge on any atom is 0.264 e. The number of amides is 1. The van der Waals surface area contributed by atoms with Gasteiger partial charge in [0.15, 0.2) is 5.65 Å². The van der Waals surface area contributed by atoms with Crippen LogP contribution in [0.4, 0.5) is 0 Å². The first-order valence-electron chi connectivity index (χ1n) is 10.0. The summed E-state index contributed by atoms with van der Waals surface area (Å²) in [5.41, 5.74) is 2.68. The normalized spacial score (nSPS) is 12.0. The summed E-state index contributed by atoms with van der Waals surface area (Å²) in [5.74, 6) is 0.446. The number of carbonyl (C=O) groups is 1. The van der Waals surface area contributed by atoms with E-state index in [4.69, 9.17) is 16.3 Å². The van der Waals surface area contributed by atoms with Crippen LogP contribution in [-0.2, 0) is 11.3 Å². The van der Waals surface area contributed by atoms with E-state index in [1.165, 1.54) is 17.1 Å². The van der Waals surface area contributed by atoms with E-state index in [9.17, 15) is 9.59 Å². The van der Waals surface area contributed by atoms with Gasteiger partial charge in [-0.2, -0.15) is 5.10 Å². The second-order valence-electron chi connectivity index (χ2n) is 7.46. The Labute approximate surface area is 189 Å². The Balaban J connectivity index is 1.55. The van der Waals surface area contributed by atoms with E-state index in [-0.39, 0.29) is 24.1 Å². The predicted molar refractivity (Wildman–Crippen MR) is 122 cm³/mol. The number of nitrogens with one attached hydrogen (secondary N) is 1. The highest BCUT2D eigenvalue weighted by Gasteiger charge is 2.16. The quantitative estimate of drug-likeness (QED) is 0.485. The van der Waals surface area contributed by atoms with E-state index in [1.807, 2.05) is 44.2 Å². The maximum absolute atomic E-state index is 12.9. The maximum atomic E-state index is 12.9. The number of aromatic nitrogens is 4. The van der Waals surface area contributed by atoms with Crippen molar-refractivity contribution in [2.24, 2.45) is 0 Å². The van der Waals surface area contributed by atoms with Crippen LogP contribution in [0.3, 0.4) is 0 Å². The van der Waals surface area contributed by atoms with Crippen LogP contribution in [0.5, 0.6) is 5.75 Å². The van der Waals surface area contributed by atoms with Gasteiger partial charge in [-0.15, -0.1) is 0 Å². The fourth-order valence-corrected chi connectivity index (χ4v) is 3.63. The third kappa shape index (κ3) is 4.22. The van der Waals surface area contributed by atoms with E-state index in [0.29, 0.717) is 16.1 Å². The number of rotatable bonds is 6. The van der Waals surface area contributed by atoms with Gasteiger partial charge < -0.3 is 10.1 Å². The molecule has 0 spiro atoms. The summed E-state index contributed by atoms with van der Waals surface area (Å²) >= 11 is 6.12. The largest absolute Gasteiger partial charge is 0.497 e. The van der Waals surface area contributed by atoms with Gasteiger partial charge in [-0.05, 0) is 49.2 Å². The van der Waals surface area contributed by atoms with Gasteiger partial charge in [0, 0.05) is 5.02 Å². The van der Waals surface area contributed by atoms with Crippen LogP contribution >= 0.6 is 11.6 Å². The number of halogens is 1. The molecule has 1 N–H and O–H groups in total. The van der Waals surface area contributed by atoms with Crippen LogP contribution in [0.15, 0.2) is 59.8 Å². The molecular weight excluding hydrogens is 430 g/mol. The number of hydrogen-bond donors (Lipinski definition) is 1. The molecule has 0 aliphatic heterocycles. The summed E-state index contributed by atoms with van der Waals surface area (Å²) in [6.07, 6.45) is 2.82. The monoisotopic (exact) mass is 451 g/mol. The van der Waals surface area contributed by atoms with Crippen molar-refractivity contribution in [2.75, 3.05) is 7.11 Å². The second kappa shape index (κ2) is 8.84. The van der Waals surface area contributed by atoms with Gasteiger partial charge in [0.05, 0.1) is 25.0 Å². The zero-order valence-corrected chi connectivity index (χ0v) is 18.6. The first-order chi connectivity index (χ1) is 15.4. The minimum absolute atomic E-state index is 0.149. The number of nitrogens with zero attached hydrogens (tertiary/aromatic N) is 4. The lowest BCUT2D eigenvalue weighted by Gasteiger charge is -2.15. The first-order valence-corrected chi connectivity index (χ1v) is 10.4. The summed E-state index contributed by atoms with van der Waals surface area (Å²) in [4.78, 5) is 29.9. The minimum atomic E-state index is -0.340. The van der Waals surface area contributed by atoms with E-state index >= 15 is 0 Å². The van der Waals surface area contributed by atoms with Crippen LogP contribution in [0.1, 0.15) is 24.1 Å². The summed E-state index contributed by atoms with van der Waals surface area (Å²) in [6.45, 7) is 3.65. The average Bonchev–Trinajstić information content (AvgIpc) is 3.22. The van der Waals surface area contributed by atoms with E-state index in [1.54, 1.807) is 23.9 Å². The van der Waals surface area contributed by atoms with Crippen molar-refractivity contribution in [1.29, 1.82) is 0 Å². The molecule has 0 aliphatic rings. The van der Waals surface area contributed by atoms with E-state index in [0.717, 1.165) is 22.6 Å². The summed E-state index contributed by atoms with van der Waals surface area (Å²) < 4.78 is 8.00. The van der Waals surface area contributed by atoms with Crippen molar-refractivity contribution >= 4 is 28.5 Å². The van der Waals surface area contributed by atoms with Crippen molar-refractivity contribution in [3.63, 3.8) is 0 Å². The molecular formula is C23H22ClN5O3. The highest BCUT2D eigenvalue weighted by molar-refractivity contribution is 6.30. The third-order valence-electron chi connectivity index (χ3n) is 5.26. The molecule has 1 atom stereocenters. The van der Waals surface area contributed by atoms with Crippen LogP contribution in [-0.4, -0.2) is 32.3 Å². The number of fused-ring (bicyclic) bond motifs is 1. The fourth-order valence-electron chi connectivity index (χ4n) is 3.47. The highest BCUT2D eigenvalue weighted by Crippen LogP contribution is 2.21. The van der Waals surface area contributed by atoms with Crippen molar-refractivity contribution in [1.82, 2.24) is 24.6 Å². The van der Waals surface area contributed by atoms with Crippen LogP contribution in [0, 0.1) is 6.92 Å². The molecule has 0 fully saturated rings. The Morgan fingerprint density at radius 2 is 1.97 bits per heavy atom. The summed E-state index contributed by atoms with van der Waals surface area (Å²) in [6, 6.07) is 12.6. The number of aryl methyl sites for hydroxylation is 1. The Hall–Kier alpha value is -3.65. The van der Waals surface area contributed by atoms with Gasteiger partial charge in [-0.25, -0.2) is 9.67 Å². The molecule has 0 aliphatic carbocycles. The second-order valence-corrected chi connectivity index (χ2v) is 7.90. The molecule has 1 amide bonds. The third-order valence-corrected chi connectivity index (χ3v) is 5.50. The molecule has 0 radical (unpaired) electrons. The Bertz CT molecular complexity index is 1340. The van der Waals surface area contributed by atoms with Crippen LogP contribution in [0.2, 0.25) is 5.02 Å². The molecule has 9 heteroatoms. The molecule has 0 unspecified atom stereocenters. The molecule has 8 nitrogen and oxygen atoms in total. The minimum Gasteiger partial charge on any atom is -0.497 e. The van der Waals surface area contributed by atoms with Gasteiger partial charge in [-0.1, -0.05) is 29.8 Å². The number of carbonyl (C=O) groups excluding carboxylic acids is 1. The molecule has 0 saturated heterocycles. The molecule has 0 saturated carbocycles. The lowest BCUT2D eigenvalue weighted by molar-refractivity contribution is -0.122. The number of methoxy groups -OCH3 is 1. The molecule has 2 aromatic carbocycles. The van der Waals surface area contributed by atoms with Crippen molar-refractivity contribution in [3.05, 3.63) is 81.5 Å². The lowest BCUT2D eigenvalue weighted by Crippen LogP contribution is -2.33. The molecule has 4 aromatic rings. The number of hydrogen-bond acceptors (Lipinski definition) is 5. The molecule has 164 valence electrons. The Kier molecular flexibility index (Phi) is 5.96. The first kappa shape index (κ1) is 21.6. The van der Waals surface area contributed by atoms with Gasteiger partial charge in [0.25, 0.3) is 5.56 Å². The van der Waals surface area contributed by atoms with Gasteiger partial charge in [0.1, 0.15) is 24.0 Å². The van der Waals surface area contributed by atoms with Gasteiger partial charge in [0.2, 0.25) is 5.91 Å². The average molecular weight is 452 g/mol. The SMILES string of the molecule is COc1ccc([C@H](C)NC(=O)Cn2cnc3c(cnn3-c3cc(Cl)ccc3C)c2=O)cc1. The van der Waals surface area contributed by atoms with Crippen LogP contribution in [0.25, 0.3) is 16.7 Å². The summed E-state index contributed by atoms with van der Waals surface area (Å²) in [5, 5.41) is 8.10. The van der Waals surface area contributed by atoms with E-state index in [2.05, 4.69) is 15.4 Å². The lowest BCUT2D eigenvalue weighted by atomic mass is 10.1. The van der Waals surface area contributed by atoms with Gasteiger partial charge in [-0.3, -0.25) is 14.2 Å². The molecule has 4 rings (SSSR count). The smallest absolute Gasteiger partial charge is 0.264 e. The van der Waals surface area contributed by atoms with Gasteiger partial charge >= 0.3 is 0 Å². The van der Waals surface area contributed by atoms with Crippen molar-refractivity contribution < 1.29 is 9.53 Å². The molecule has 0 bridgehead atoms. The number of ether oxygens (including phenoxy) is 1. The zero-order chi connectivity index (χ0) is 22.8. The molecule has 2 heterocycles. The van der Waals surface area contributed by atoms with Crippen molar-refractivity contribution in [2.45, 2.75) is 26.4 Å². The fraction of sp³-hybridized carbons (Fsp3) is 0.217. The van der Waals surface area contributed by atoms with Crippen molar-refractivity contribution in [3.8, 4) is 11.4 Å². The van der Waals surface area contributed by atoms with Crippen LogP contribution < -0.4 is 15.6 Å². The summed E-state index contributed by atoms with van der Waals surface area (Å²) in [7, 11) is 1.60. The highest BCUT2D eigenvalue weighted by atomic mass is 35.5. The standard InChI is InChI=1S/C23H22ClN5O3/c1-14-4-7-17(24)10-20(14)29-22-19(11-26-29)23(31)28(13-25-22)12-21(30)27-15(2)16-5-8-18(32-3)9-6-16/h4-11,13,15H,12H2,1-3H3,(H,27,30)/t15-/m0/s1. The topological polar surface area (TPSA) is 91.0 Å². The predicted octanol–water partition coefficient (Wildman–Crippen LogP) is 3.43. The van der Waals surface area contributed by atoms with E-state index < -0.39 is 0 Å². The molecule has 32 heavy (non-hydrogen) atoms. The number of benzene rings is 2. The molecule has 2 aromatic heterocycles. The Morgan fingerprint density at radius 3 is 2.69 bits per heavy atom. The zero-order valence-electron chi connectivity index (χ0n) is 17.9.